The molecular formula is C24H21N3O4S. The molecule has 0 radical (unpaired) electrons. The third kappa shape index (κ3) is 3.33. The number of ether oxygens (including phenoxy) is 1. The van der Waals surface area contributed by atoms with E-state index in [0.717, 1.165) is 23.0 Å². The molecule has 1 aliphatic rings. The largest absolute Gasteiger partial charge is 0.495 e. The van der Waals surface area contributed by atoms with Crippen molar-refractivity contribution in [3.8, 4) is 11.4 Å². The summed E-state index contributed by atoms with van der Waals surface area (Å²) in [6.07, 6.45) is 1.74. The Bertz CT molecular complexity index is 1450. The Balaban J connectivity index is 1.55. The molecule has 7 nitrogen and oxygen atoms in total. The molecule has 1 atom stereocenters. The lowest BCUT2D eigenvalue weighted by Crippen LogP contribution is -2.42. The fraction of sp³-hybridized carbons (Fsp3) is 0.208. The van der Waals surface area contributed by atoms with Crippen molar-refractivity contribution in [3.63, 3.8) is 0 Å². The van der Waals surface area contributed by atoms with Gasteiger partial charge in [-0.15, -0.1) is 11.3 Å². The number of carbonyl (C=O) groups is 1. The van der Waals surface area contributed by atoms with Gasteiger partial charge in [-0.3, -0.25) is 14.2 Å². The predicted octanol–water partition coefficient (Wildman–Crippen LogP) is 3.03. The fourth-order valence-corrected chi connectivity index (χ4v) is 5.18. The highest BCUT2D eigenvalue weighted by Crippen LogP contribution is 2.30. The first-order valence-corrected chi connectivity index (χ1v) is 11.2. The van der Waals surface area contributed by atoms with Crippen molar-refractivity contribution in [2.45, 2.75) is 25.4 Å². The first-order chi connectivity index (χ1) is 15.6. The van der Waals surface area contributed by atoms with Crippen molar-refractivity contribution in [2.24, 2.45) is 0 Å². The van der Waals surface area contributed by atoms with E-state index in [1.807, 2.05) is 18.2 Å². The van der Waals surface area contributed by atoms with Crippen molar-refractivity contribution >= 4 is 27.5 Å². The molecule has 0 fully saturated rings. The number of carbonyl (C=O) groups excluding carboxylic acids is 1. The minimum Gasteiger partial charge on any atom is -0.495 e. The second kappa shape index (κ2) is 8.12. The highest BCUT2D eigenvalue weighted by atomic mass is 32.1. The van der Waals surface area contributed by atoms with Crippen LogP contribution in [-0.4, -0.2) is 22.2 Å². The molecular weight excluding hydrogens is 426 g/mol. The van der Waals surface area contributed by atoms with Gasteiger partial charge < -0.3 is 10.1 Å². The quantitative estimate of drug-likeness (QED) is 0.510. The van der Waals surface area contributed by atoms with Crippen LogP contribution in [0, 0.1) is 0 Å². The summed E-state index contributed by atoms with van der Waals surface area (Å²) in [4.78, 5) is 39.5. The van der Waals surface area contributed by atoms with Gasteiger partial charge in [0.25, 0.3) is 5.56 Å². The SMILES string of the molecule is COc1ccccc1-n1c(=O)c2sccc2n(CC(=O)N[C@H]2CCc3ccccc32)c1=O. The van der Waals surface area contributed by atoms with E-state index in [4.69, 9.17) is 4.74 Å². The number of para-hydroxylation sites is 2. The molecule has 32 heavy (non-hydrogen) atoms. The number of methoxy groups -OCH3 is 1. The summed E-state index contributed by atoms with van der Waals surface area (Å²) < 4.78 is 8.21. The second-order valence-electron chi connectivity index (χ2n) is 7.67. The molecule has 0 saturated carbocycles. The normalized spacial score (nSPS) is 15.0. The minimum absolute atomic E-state index is 0.0764. The second-order valence-corrected chi connectivity index (χ2v) is 8.59. The Morgan fingerprint density at radius 1 is 1.12 bits per heavy atom. The van der Waals surface area contributed by atoms with Crippen molar-refractivity contribution < 1.29 is 9.53 Å². The van der Waals surface area contributed by atoms with Crippen molar-refractivity contribution in [3.05, 3.63) is 91.9 Å². The monoisotopic (exact) mass is 447 g/mol. The summed E-state index contributed by atoms with van der Waals surface area (Å²) in [5, 5.41) is 4.81. The van der Waals surface area contributed by atoms with Crippen molar-refractivity contribution in [2.75, 3.05) is 7.11 Å². The lowest BCUT2D eigenvalue weighted by atomic mass is 10.1. The van der Waals surface area contributed by atoms with Crippen molar-refractivity contribution in [1.29, 1.82) is 0 Å². The van der Waals surface area contributed by atoms with Crippen LogP contribution in [0.2, 0.25) is 0 Å². The third-order valence-corrected chi connectivity index (χ3v) is 6.74. The van der Waals surface area contributed by atoms with Gasteiger partial charge in [0.15, 0.2) is 0 Å². The Kier molecular flexibility index (Phi) is 5.14. The lowest BCUT2D eigenvalue weighted by Gasteiger charge is -2.17. The Hall–Kier alpha value is -3.65. The number of nitrogens with zero attached hydrogens (tertiary/aromatic N) is 2. The molecule has 0 unspecified atom stereocenters. The number of aryl methyl sites for hydroxylation is 1. The summed E-state index contributed by atoms with van der Waals surface area (Å²) in [7, 11) is 1.49. The number of aromatic nitrogens is 2. The number of thiophene rings is 1. The average molecular weight is 448 g/mol. The van der Waals surface area contributed by atoms with E-state index in [2.05, 4.69) is 11.4 Å². The van der Waals surface area contributed by atoms with Gasteiger partial charge in [-0.25, -0.2) is 9.36 Å². The van der Waals surface area contributed by atoms with Gasteiger partial charge in [-0.05, 0) is 47.5 Å². The van der Waals surface area contributed by atoms with E-state index in [-0.39, 0.29) is 18.5 Å². The van der Waals surface area contributed by atoms with E-state index in [1.165, 1.54) is 28.6 Å². The predicted molar refractivity (Wildman–Crippen MR) is 124 cm³/mol. The number of hydrogen-bond donors (Lipinski definition) is 1. The maximum atomic E-state index is 13.4. The number of fused-ring (bicyclic) bond motifs is 2. The van der Waals surface area contributed by atoms with E-state index in [9.17, 15) is 14.4 Å². The molecule has 1 amide bonds. The number of nitrogens with one attached hydrogen (secondary N) is 1. The van der Waals surface area contributed by atoms with Gasteiger partial charge in [0.1, 0.15) is 17.0 Å². The smallest absolute Gasteiger partial charge is 0.336 e. The Labute approximate surface area is 187 Å². The number of benzene rings is 2. The van der Waals surface area contributed by atoms with Gasteiger partial charge in [-0.2, -0.15) is 0 Å². The lowest BCUT2D eigenvalue weighted by molar-refractivity contribution is -0.122. The van der Waals surface area contributed by atoms with Crippen LogP contribution in [0.15, 0.2) is 69.6 Å². The maximum Gasteiger partial charge on any atom is 0.336 e. The van der Waals surface area contributed by atoms with Crippen LogP contribution < -0.4 is 21.3 Å². The maximum absolute atomic E-state index is 13.4. The van der Waals surface area contributed by atoms with Crippen LogP contribution >= 0.6 is 11.3 Å². The first-order valence-electron chi connectivity index (χ1n) is 10.3. The zero-order valence-corrected chi connectivity index (χ0v) is 18.2. The molecule has 1 N–H and O–H groups in total. The molecule has 2 aromatic carbocycles. The van der Waals surface area contributed by atoms with Gasteiger partial charge in [0.05, 0.1) is 24.4 Å². The average Bonchev–Trinajstić information content (AvgIpc) is 3.45. The van der Waals surface area contributed by atoms with Gasteiger partial charge >= 0.3 is 5.69 Å². The third-order valence-electron chi connectivity index (χ3n) is 5.85. The first kappa shape index (κ1) is 20.3. The molecule has 1 aliphatic carbocycles. The zero-order valence-electron chi connectivity index (χ0n) is 17.4. The topological polar surface area (TPSA) is 82.3 Å². The Morgan fingerprint density at radius 2 is 1.91 bits per heavy atom. The van der Waals surface area contributed by atoms with E-state index < -0.39 is 11.2 Å². The highest BCUT2D eigenvalue weighted by Gasteiger charge is 2.25. The van der Waals surface area contributed by atoms with Gasteiger partial charge in [0, 0.05) is 0 Å². The van der Waals surface area contributed by atoms with Crippen LogP contribution in [-0.2, 0) is 17.8 Å². The Morgan fingerprint density at radius 3 is 2.75 bits per heavy atom. The molecule has 162 valence electrons. The van der Waals surface area contributed by atoms with E-state index in [0.29, 0.717) is 21.7 Å². The summed E-state index contributed by atoms with van der Waals surface area (Å²) >= 11 is 1.24. The van der Waals surface area contributed by atoms with Crippen molar-refractivity contribution in [1.82, 2.24) is 14.5 Å². The molecule has 0 spiro atoms. The molecule has 0 aliphatic heterocycles. The number of hydrogen-bond acceptors (Lipinski definition) is 5. The molecule has 4 aromatic rings. The molecule has 8 heteroatoms. The van der Waals surface area contributed by atoms with Gasteiger partial charge in [-0.1, -0.05) is 36.4 Å². The molecule has 0 saturated heterocycles. The van der Waals surface area contributed by atoms with Gasteiger partial charge in [0.2, 0.25) is 5.91 Å². The zero-order chi connectivity index (χ0) is 22.2. The van der Waals surface area contributed by atoms with Crippen LogP contribution in [0.25, 0.3) is 15.9 Å². The fourth-order valence-electron chi connectivity index (χ4n) is 4.36. The number of rotatable bonds is 5. The minimum atomic E-state index is -0.577. The molecule has 0 bridgehead atoms. The molecule has 2 heterocycles. The van der Waals surface area contributed by atoms with E-state index >= 15 is 0 Å². The molecule has 2 aromatic heterocycles. The summed E-state index contributed by atoms with van der Waals surface area (Å²) in [5.41, 5.74) is 2.16. The highest BCUT2D eigenvalue weighted by molar-refractivity contribution is 7.17. The van der Waals surface area contributed by atoms with Crippen LogP contribution in [0.1, 0.15) is 23.6 Å². The van der Waals surface area contributed by atoms with Crippen LogP contribution in [0.3, 0.4) is 0 Å². The van der Waals surface area contributed by atoms with Crippen LogP contribution in [0.5, 0.6) is 5.75 Å². The summed E-state index contributed by atoms with van der Waals surface area (Å²) in [5.74, 6) is 0.132. The molecule has 5 rings (SSSR count). The summed E-state index contributed by atoms with van der Waals surface area (Å²) in [6, 6.07) is 16.5. The van der Waals surface area contributed by atoms with E-state index in [1.54, 1.807) is 35.7 Å². The summed E-state index contributed by atoms with van der Waals surface area (Å²) in [6.45, 7) is -0.180. The van der Waals surface area contributed by atoms with Crippen LogP contribution in [0.4, 0.5) is 0 Å². The standard InChI is InChI=1S/C24H21N3O4S/c1-31-20-9-5-4-8-18(20)27-23(29)22-19(12-13-32-22)26(24(27)30)14-21(28)25-17-11-10-15-6-2-3-7-16(15)17/h2-9,12-13,17H,10-11,14H2,1H3,(H,25,28)/t17-/m0/s1. The number of amides is 1.